The summed E-state index contributed by atoms with van der Waals surface area (Å²) in [5.74, 6) is 0.503. The van der Waals surface area contributed by atoms with Crippen LogP contribution in [0.5, 0.6) is 5.75 Å². The summed E-state index contributed by atoms with van der Waals surface area (Å²) in [6.45, 7) is 0. The Balaban J connectivity index is 1.93. The monoisotopic (exact) mass is 315 g/mol. The van der Waals surface area contributed by atoms with Crippen molar-refractivity contribution < 1.29 is 13.2 Å². The number of aryl methyl sites for hydroxylation is 1. The van der Waals surface area contributed by atoms with Crippen molar-refractivity contribution in [3.05, 3.63) is 64.6 Å². The van der Waals surface area contributed by atoms with Crippen LogP contribution in [0, 0.1) is 0 Å². The first kappa shape index (κ1) is 14.7. The molecule has 0 spiro atoms. The van der Waals surface area contributed by atoms with Gasteiger partial charge in [0.1, 0.15) is 5.75 Å². The topological polar surface area (TPSA) is 55.4 Å². The molecule has 0 bridgehead atoms. The second kappa shape index (κ2) is 5.85. The predicted octanol–water partition coefficient (Wildman–Crippen LogP) is 3.42. The van der Waals surface area contributed by atoms with Crippen LogP contribution in [0.15, 0.2) is 53.4 Å². The summed E-state index contributed by atoms with van der Waals surface area (Å²) in [5.41, 5.74) is 2.60. The van der Waals surface area contributed by atoms with E-state index in [2.05, 4.69) is 4.72 Å². The molecule has 0 aromatic heterocycles. The maximum absolute atomic E-state index is 12.6. The number of rotatable bonds is 4. The van der Waals surface area contributed by atoms with Crippen LogP contribution < -0.4 is 9.46 Å². The highest BCUT2D eigenvalue weighted by Crippen LogP contribution is 2.30. The van der Waals surface area contributed by atoms with Gasteiger partial charge in [0.15, 0.2) is 0 Å². The molecule has 1 aliphatic rings. The number of hydrogen-bond donors (Lipinski definition) is 1. The Hall–Kier alpha value is -2.27. The quantitative estimate of drug-likeness (QED) is 0.940. The summed E-state index contributed by atoms with van der Waals surface area (Å²) in [6, 6.07) is 14.8. The fourth-order valence-corrected chi connectivity index (χ4v) is 3.80. The maximum atomic E-state index is 12.6. The maximum Gasteiger partial charge on any atom is 0.258 e. The summed E-state index contributed by atoms with van der Waals surface area (Å²) >= 11 is 0. The van der Waals surface area contributed by atoms with Crippen molar-refractivity contribution in [1.29, 1.82) is 0 Å². The van der Waals surface area contributed by atoms with Gasteiger partial charge in [-0.3, -0.25) is 4.72 Å². The number of ether oxygens (including phenoxy) is 1. The van der Waals surface area contributed by atoms with E-state index in [-0.39, 0.29) is 0 Å². The molecule has 4 nitrogen and oxygen atoms in total. The van der Waals surface area contributed by atoms with Crippen LogP contribution in [-0.4, -0.2) is 15.5 Å². The molecule has 0 aliphatic heterocycles. The Morgan fingerprint density at radius 3 is 2.55 bits per heavy atom. The molecule has 0 radical (unpaired) electrons. The van der Waals surface area contributed by atoms with Gasteiger partial charge in [-0.05, 0) is 42.2 Å². The molecule has 1 N–H and O–H groups in total. The number of fused-ring (bicyclic) bond motifs is 1. The van der Waals surface area contributed by atoms with E-state index >= 15 is 0 Å². The first-order valence-corrected chi connectivity index (χ1v) is 8.53. The molecule has 22 heavy (non-hydrogen) atoms. The van der Waals surface area contributed by atoms with E-state index in [0.29, 0.717) is 22.8 Å². The standard InChI is InChI=1S/C17H17NO3S/c1-21-17-9-5-4-8-16(17)18-22(19,20)15-11-10-13-6-2-3-7-14(13)12-15/h2-9,12,18H,10-11H2,1H3. The number of methoxy groups -OCH3 is 1. The van der Waals surface area contributed by atoms with Gasteiger partial charge < -0.3 is 4.74 Å². The Labute approximate surface area is 130 Å². The summed E-state index contributed by atoms with van der Waals surface area (Å²) in [4.78, 5) is 0.400. The van der Waals surface area contributed by atoms with Crippen molar-refractivity contribution in [3.63, 3.8) is 0 Å². The van der Waals surface area contributed by atoms with Crippen LogP contribution in [0.3, 0.4) is 0 Å². The van der Waals surface area contributed by atoms with Gasteiger partial charge in [-0.2, -0.15) is 0 Å². The van der Waals surface area contributed by atoms with E-state index in [4.69, 9.17) is 4.74 Å². The molecule has 2 aromatic carbocycles. The number of benzene rings is 2. The third-order valence-corrected chi connectivity index (χ3v) is 5.21. The van der Waals surface area contributed by atoms with Crippen molar-refractivity contribution in [2.45, 2.75) is 12.8 Å². The molecule has 0 saturated heterocycles. The molecular formula is C17H17NO3S. The van der Waals surface area contributed by atoms with E-state index < -0.39 is 10.0 Å². The largest absolute Gasteiger partial charge is 0.495 e. The Kier molecular flexibility index (Phi) is 3.90. The minimum Gasteiger partial charge on any atom is -0.495 e. The highest BCUT2D eigenvalue weighted by molar-refractivity contribution is 7.96. The molecule has 0 amide bonds. The Morgan fingerprint density at radius 2 is 1.73 bits per heavy atom. The SMILES string of the molecule is COc1ccccc1NS(=O)(=O)C1=Cc2ccccc2CC1. The van der Waals surface area contributed by atoms with E-state index in [1.165, 1.54) is 12.7 Å². The van der Waals surface area contributed by atoms with Gasteiger partial charge >= 0.3 is 0 Å². The summed E-state index contributed by atoms with van der Waals surface area (Å²) in [5, 5.41) is 0. The molecule has 0 heterocycles. The molecule has 0 atom stereocenters. The molecule has 2 aromatic rings. The van der Waals surface area contributed by atoms with Gasteiger partial charge in [-0.25, -0.2) is 8.42 Å². The predicted molar refractivity (Wildman–Crippen MR) is 88.3 cm³/mol. The van der Waals surface area contributed by atoms with Crippen LogP contribution in [0.4, 0.5) is 5.69 Å². The fraction of sp³-hybridized carbons (Fsp3) is 0.176. The summed E-state index contributed by atoms with van der Waals surface area (Å²) < 4.78 is 33.0. The molecule has 114 valence electrons. The highest BCUT2D eigenvalue weighted by Gasteiger charge is 2.22. The molecule has 1 aliphatic carbocycles. The second-order valence-corrected chi connectivity index (χ2v) is 6.85. The fourth-order valence-electron chi connectivity index (χ4n) is 2.56. The lowest BCUT2D eigenvalue weighted by Crippen LogP contribution is -2.17. The third kappa shape index (κ3) is 2.85. The minimum atomic E-state index is -3.58. The van der Waals surface area contributed by atoms with E-state index in [1.807, 2.05) is 24.3 Å². The van der Waals surface area contributed by atoms with Crippen molar-refractivity contribution in [3.8, 4) is 5.75 Å². The number of allylic oxidation sites excluding steroid dienone is 1. The number of anilines is 1. The molecule has 0 saturated carbocycles. The van der Waals surface area contributed by atoms with Crippen molar-refractivity contribution in [2.24, 2.45) is 0 Å². The van der Waals surface area contributed by atoms with E-state index in [0.717, 1.165) is 12.0 Å². The molecular weight excluding hydrogens is 298 g/mol. The van der Waals surface area contributed by atoms with E-state index in [1.54, 1.807) is 30.3 Å². The van der Waals surface area contributed by atoms with Crippen LogP contribution in [0.25, 0.3) is 6.08 Å². The van der Waals surface area contributed by atoms with Gasteiger partial charge in [0, 0.05) is 0 Å². The minimum absolute atomic E-state index is 0.400. The zero-order valence-corrected chi connectivity index (χ0v) is 13.1. The van der Waals surface area contributed by atoms with Crippen molar-refractivity contribution in [1.82, 2.24) is 0 Å². The molecule has 3 rings (SSSR count). The lowest BCUT2D eigenvalue weighted by molar-refractivity contribution is 0.417. The zero-order valence-electron chi connectivity index (χ0n) is 12.2. The number of para-hydroxylation sites is 2. The van der Waals surface area contributed by atoms with Gasteiger partial charge in [0.25, 0.3) is 10.0 Å². The summed E-state index contributed by atoms with van der Waals surface area (Å²) in [6.07, 6.45) is 2.98. The first-order valence-electron chi connectivity index (χ1n) is 7.04. The lowest BCUT2D eigenvalue weighted by Gasteiger charge is -2.18. The Morgan fingerprint density at radius 1 is 1.00 bits per heavy atom. The third-order valence-electron chi connectivity index (χ3n) is 3.71. The van der Waals surface area contributed by atoms with Crippen LogP contribution >= 0.6 is 0 Å². The normalized spacial score (nSPS) is 14.0. The van der Waals surface area contributed by atoms with Crippen LogP contribution in [-0.2, 0) is 16.4 Å². The smallest absolute Gasteiger partial charge is 0.258 e. The van der Waals surface area contributed by atoms with Gasteiger partial charge in [-0.1, -0.05) is 36.4 Å². The highest BCUT2D eigenvalue weighted by atomic mass is 32.2. The van der Waals surface area contributed by atoms with Gasteiger partial charge in [-0.15, -0.1) is 0 Å². The first-order chi connectivity index (χ1) is 10.6. The zero-order chi connectivity index (χ0) is 15.6. The summed E-state index contributed by atoms with van der Waals surface area (Å²) in [7, 11) is -2.06. The molecule has 0 unspecified atom stereocenters. The van der Waals surface area contributed by atoms with Crippen LogP contribution in [0.1, 0.15) is 17.5 Å². The average molecular weight is 315 g/mol. The van der Waals surface area contributed by atoms with Crippen molar-refractivity contribution >= 4 is 21.8 Å². The number of nitrogens with one attached hydrogen (secondary N) is 1. The second-order valence-electron chi connectivity index (χ2n) is 5.12. The van der Waals surface area contributed by atoms with Crippen molar-refractivity contribution in [2.75, 3.05) is 11.8 Å². The van der Waals surface area contributed by atoms with Gasteiger partial charge in [0.2, 0.25) is 0 Å². The van der Waals surface area contributed by atoms with Gasteiger partial charge in [0.05, 0.1) is 17.7 Å². The number of sulfonamides is 1. The van der Waals surface area contributed by atoms with Crippen LogP contribution in [0.2, 0.25) is 0 Å². The Bertz CT molecular complexity index is 825. The molecule has 0 fully saturated rings. The number of hydrogen-bond acceptors (Lipinski definition) is 3. The molecule has 5 heteroatoms. The van der Waals surface area contributed by atoms with E-state index in [9.17, 15) is 8.42 Å². The average Bonchev–Trinajstić information content (AvgIpc) is 2.54. The lowest BCUT2D eigenvalue weighted by atomic mass is 9.98.